The first-order valence-corrected chi connectivity index (χ1v) is 5.23. The van der Waals surface area contributed by atoms with Crippen molar-refractivity contribution in [3.8, 4) is 11.3 Å². The van der Waals surface area contributed by atoms with Crippen molar-refractivity contribution in [1.29, 1.82) is 0 Å². The molecule has 0 aliphatic heterocycles. The topological polar surface area (TPSA) is 25.8 Å². The fourth-order valence-electron chi connectivity index (χ4n) is 1.36. The highest BCUT2D eigenvalue weighted by Crippen LogP contribution is 2.27. The molecular formula is C11H4ClF5N2. The molecule has 0 radical (unpaired) electrons. The Bertz CT molecular complexity index is 609. The molecule has 100 valence electrons. The zero-order valence-electron chi connectivity index (χ0n) is 8.97. The summed E-state index contributed by atoms with van der Waals surface area (Å²) in [6.07, 6.45) is -2.05. The molecule has 0 spiro atoms. The predicted octanol–water partition coefficient (Wildman–Crippen LogP) is 4.15. The average Bonchev–Trinajstić information content (AvgIpc) is 2.34. The van der Waals surface area contributed by atoms with E-state index in [1.807, 2.05) is 0 Å². The number of benzene rings is 1. The summed E-state index contributed by atoms with van der Waals surface area (Å²) >= 11 is 5.47. The molecule has 0 saturated carbocycles. The number of nitrogens with zero attached hydrogens (tertiary/aromatic N) is 2. The highest BCUT2D eigenvalue weighted by atomic mass is 35.5. The highest BCUT2D eigenvalue weighted by Gasteiger charge is 2.17. The summed E-state index contributed by atoms with van der Waals surface area (Å²) in [6.45, 7) is 0. The molecule has 0 unspecified atom stereocenters. The first-order chi connectivity index (χ1) is 8.90. The maximum Gasteiger partial charge on any atom is 0.283 e. The quantitative estimate of drug-likeness (QED) is 0.614. The lowest BCUT2D eigenvalue weighted by Crippen LogP contribution is -1.98. The second kappa shape index (κ2) is 5.08. The van der Waals surface area contributed by atoms with E-state index in [0.717, 1.165) is 6.20 Å². The minimum absolute atomic E-state index is 0.146. The fraction of sp³-hybridized carbons (Fsp3) is 0.0909. The monoisotopic (exact) mass is 294 g/mol. The molecule has 0 aliphatic rings. The van der Waals surface area contributed by atoms with Gasteiger partial charge in [-0.1, -0.05) is 11.6 Å². The van der Waals surface area contributed by atoms with Crippen LogP contribution in [0.5, 0.6) is 0 Å². The van der Waals surface area contributed by atoms with Crippen molar-refractivity contribution in [2.75, 3.05) is 0 Å². The lowest BCUT2D eigenvalue weighted by molar-refractivity contribution is 0.145. The van der Waals surface area contributed by atoms with Gasteiger partial charge in [-0.25, -0.2) is 31.9 Å². The fourth-order valence-corrected chi connectivity index (χ4v) is 1.59. The molecular weight excluding hydrogens is 291 g/mol. The maximum absolute atomic E-state index is 13.0. The van der Waals surface area contributed by atoms with Crippen molar-refractivity contribution in [2.24, 2.45) is 0 Å². The number of halogens is 6. The van der Waals surface area contributed by atoms with Crippen molar-refractivity contribution < 1.29 is 22.0 Å². The van der Waals surface area contributed by atoms with Gasteiger partial charge in [0.05, 0.1) is 11.9 Å². The Kier molecular flexibility index (Phi) is 3.66. The number of aromatic nitrogens is 2. The van der Waals surface area contributed by atoms with Gasteiger partial charge in [-0.05, 0) is 12.1 Å². The number of rotatable bonds is 2. The molecule has 1 heterocycles. The summed E-state index contributed by atoms with van der Waals surface area (Å²) in [5.74, 6) is -4.48. The smallest absolute Gasteiger partial charge is 0.250 e. The lowest BCUT2D eigenvalue weighted by atomic mass is 10.1. The van der Waals surface area contributed by atoms with Gasteiger partial charge in [-0.15, -0.1) is 0 Å². The van der Waals surface area contributed by atoms with Crippen molar-refractivity contribution in [1.82, 2.24) is 9.97 Å². The van der Waals surface area contributed by atoms with E-state index in [2.05, 4.69) is 9.97 Å². The van der Waals surface area contributed by atoms with Gasteiger partial charge >= 0.3 is 0 Å². The second-order valence-electron chi connectivity index (χ2n) is 3.49. The van der Waals surface area contributed by atoms with Crippen LogP contribution in [-0.2, 0) is 0 Å². The van der Waals surface area contributed by atoms with Gasteiger partial charge in [0.1, 0.15) is 5.69 Å². The van der Waals surface area contributed by atoms with E-state index in [-0.39, 0.29) is 11.3 Å². The summed E-state index contributed by atoms with van der Waals surface area (Å²) in [4.78, 5) is 6.90. The third-order valence-electron chi connectivity index (χ3n) is 2.24. The molecule has 1 aromatic carbocycles. The summed E-state index contributed by atoms with van der Waals surface area (Å²) in [7, 11) is 0. The van der Waals surface area contributed by atoms with Crippen LogP contribution in [0.4, 0.5) is 22.0 Å². The number of hydrogen-bond donors (Lipinski definition) is 0. The van der Waals surface area contributed by atoms with Crippen LogP contribution in [0.3, 0.4) is 0 Å². The van der Waals surface area contributed by atoms with Crippen LogP contribution in [-0.4, -0.2) is 9.97 Å². The van der Waals surface area contributed by atoms with Crippen molar-refractivity contribution in [2.45, 2.75) is 6.43 Å². The molecule has 0 bridgehead atoms. The molecule has 8 heteroatoms. The highest BCUT2D eigenvalue weighted by molar-refractivity contribution is 6.30. The normalized spacial score (nSPS) is 11.1. The van der Waals surface area contributed by atoms with E-state index >= 15 is 0 Å². The molecule has 2 nitrogen and oxygen atoms in total. The maximum atomic E-state index is 13.0. The molecule has 2 rings (SSSR count). The largest absolute Gasteiger partial charge is 0.283 e. The summed E-state index contributed by atoms with van der Waals surface area (Å²) in [6, 6.07) is 1.33. The molecule has 0 amide bonds. The predicted molar refractivity (Wildman–Crippen MR) is 57.3 cm³/mol. The first kappa shape index (κ1) is 13.7. The minimum Gasteiger partial charge on any atom is -0.250 e. The van der Waals surface area contributed by atoms with Crippen molar-refractivity contribution in [3.05, 3.63) is 46.6 Å². The zero-order valence-corrected chi connectivity index (χ0v) is 9.73. The SMILES string of the molecule is Fc1cc(-c2cnc(C(F)F)c(Cl)n2)cc(F)c1F. The van der Waals surface area contributed by atoms with E-state index in [9.17, 15) is 22.0 Å². The molecule has 0 saturated heterocycles. The Balaban J connectivity index is 2.51. The Labute approximate surface area is 108 Å². The summed E-state index contributed by atoms with van der Waals surface area (Å²) in [5.41, 5.74) is -1.05. The van der Waals surface area contributed by atoms with Gasteiger partial charge in [0, 0.05) is 5.56 Å². The van der Waals surface area contributed by atoms with Gasteiger partial charge in [-0.2, -0.15) is 0 Å². The van der Waals surface area contributed by atoms with Crippen LogP contribution in [0.2, 0.25) is 5.15 Å². The molecule has 2 aromatic rings. The Morgan fingerprint density at radius 2 is 1.63 bits per heavy atom. The molecule has 0 fully saturated rings. The third-order valence-corrected chi connectivity index (χ3v) is 2.52. The van der Waals surface area contributed by atoms with Gasteiger partial charge < -0.3 is 0 Å². The van der Waals surface area contributed by atoms with Gasteiger partial charge in [0.2, 0.25) is 0 Å². The van der Waals surface area contributed by atoms with E-state index in [1.165, 1.54) is 0 Å². The molecule has 19 heavy (non-hydrogen) atoms. The standard InChI is InChI=1S/C11H4ClF5N2/c12-10-9(11(16)17)18-3-7(19-10)4-1-5(13)8(15)6(14)2-4/h1-3,11H. The average molecular weight is 295 g/mol. The van der Waals surface area contributed by atoms with E-state index in [1.54, 1.807) is 0 Å². The van der Waals surface area contributed by atoms with Crippen LogP contribution in [0.25, 0.3) is 11.3 Å². The van der Waals surface area contributed by atoms with E-state index < -0.39 is 34.7 Å². The Morgan fingerprint density at radius 3 is 2.11 bits per heavy atom. The van der Waals surface area contributed by atoms with Crippen molar-refractivity contribution in [3.63, 3.8) is 0 Å². The molecule has 0 N–H and O–H groups in total. The lowest BCUT2D eigenvalue weighted by Gasteiger charge is -2.05. The van der Waals surface area contributed by atoms with Gasteiger partial charge in [0.15, 0.2) is 22.6 Å². The zero-order chi connectivity index (χ0) is 14.2. The van der Waals surface area contributed by atoms with Crippen LogP contribution in [0.1, 0.15) is 12.1 Å². The Hall–Kier alpha value is -1.76. The van der Waals surface area contributed by atoms with Crippen LogP contribution in [0, 0.1) is 17.5 Å². The third kappa shape index (κ3) is 2.65. The molecule has 0 aliphatic carbocycles. The van der Waals surface area contributed by atoms with Crippen molar-refractivity contribution >= 4 is 11.6 Å². The number of alkyl halides is 2. The van der Waals surface area contributed by atoms with Gasteiger partial charge in [-0.3, -0.25) is 0 Å². The van der Waals surface area contributed by atoms with Crippen LogP contribution in [0.15, 0.2) is 18.3 Å². The van der Waals surface area contributed by atoms with Crippen LogP contribution < -0.4 is 0 Å². The van der Waals surface area contributed by atoms with E-state index in [4.69, 9.17) is 11.6 Å². The number of hydrogen-bond acceptors (Lipinski definition) is 2. The minimum atomic E-state index is -2.92. The second-order valence-corrected chi connectivity index (χ2v) is 3.84. The summed E-state index contributed by atoms with van der Waals surface area (Å²) < 4.78 is 63.6. The van der Waals surface area contributed by atoms with E-state index in [0.29, 0.717) is 12.1 Å². The molecule has 0 atom stereocenters. The van der Waals surface area contributed by atoms with Crippen LogP contribution >= 0.6 is 11.6 Å². The van der Waals surface area contributed by atoms with Gasteiger partial charge in [0.25, 0.3) is 6.43 Å². The summed E-state index contributed by atoms with van der Waals surface area (Å²) in [5, 5.41) is -0.586. The molecule has 1 aromatic heterocycles. The first-order valence-electron chi connectivity index (χ1n) is 4.85. The Morgan fingerprint density at radius 1 is 1.05 bits per heavy atom.